The molecule has 1 fully saturated rings. The van der Waals surface area contributed by atoms with Crippen LogP contribution in [0.1, 0.15) is 69.2 Å². The zero-order chi connectivity index (χ0) is 26.1. The van der Waals surface area contributed by atoms with Gasteiger partial charge >= 0.3 is 12.6 Å². The zero-order valence-electron chi connectivity index (χ0n) is 20.8. The Balaban J connectivity index is 1.51. The lowest BCUT2D eigenvalue weighted by Crippen LogP contribution is -2.51. The van der Waals surface area contributed by atoms with Gasteiger partial charge in [0.2, 0.25) is 5.91 Å². The van der Waals surface area contributed by atoms with E-state index in [1.54, 1.807) is 18.7 Å². The Bertz CT molecular complexity index is 1130. The number of allylic oxidation sites excluding steroid dienone is 1. The minimum absolute atomic E-state index is 0.0434. The van der Waals surface area contributed by atoms with Gasteiger partial charge in [0.25, 0.3) is 0 Å². The van der Waals surface area contributed by atoms with Crippen LogP contribution in [0.25, 0.3) is 5.57 Å². The maximum absolute atomic E-state index is 13.2. The monoisotopic (exact) mass is 498 g/mol. The summed E-state index contributed by atoms with van der Waals surface area (Å²) in [5.41, 5.74) is 1.22. The summed E-state index contributed by atoms with van der Waals surface area (Å²) in [6, 6.07) is 16.6. The number of amides is 2. The summed E-state index contributed by atoms with van der Waals surface area (Å²) >= 11 is 0. The second-order valence-corrected chi connectivity index (χ2v) is 10.2. The molecule has 2 aliphatic heterocycles. The number of carbonyl (C=O) groups is 2. The number of aliphatic hydroxyl groups is 1. The van der Waals surface area contributed by atoms with Crippen LogP contribution in [0.2, 0.25) is 0 Å². The Kier molecular flexibility index (Phi) is 7.18. The largest absolute Gasteiger partial charge is 0.438 e. The molecule has 192 valence electrons. The summed E-state index contributed by atoms with van der Waals surface area (Å²) < 4.78 is 32.3. The number of alkyl halides is 2. The van der Waals surface area contributed by atoms with E-state index in [-0.39, 0.29) is 18.9 Å². The molecule has 1 N–H and O–H groups in total. The van der Waals surface area contributed by atoms with Gasteiger partial charge in [-0.1, -0.05) is 54.6 Å². The minimum atomic E-state index is -2.86. The molecule has 2 unspecified atom stereocenters. The fourth-order valence-electron chi connectivity index (χ4n) is 5.11. The van der Waals surface area contributed by atoms with E-state index in [9.17, 15) is 23.5 Å². The van der Waals surface area contributed by atoms with Gasteiger partial charge in [0.1, 0.15) is 5.60 Å². The summed E-state index contributed by atoms with van der Waals surface area (Å²) in [5.74, 6) is -0.584. The average molecular weight is 499 g/mol. The van der Waals surface area contributed by atoms with Gasteiger partial charge in [-0.15, -0.1) is 0 Å². The van der Waals surface area contributed by atoms with Gasteiger partial charge in [0.15, 0.2) is 0 Å². The van der Waals surface area contributed by atoms with Gasteiger partial charge in [0, 0.05) is 32.0 Å². The van der Waals surface area contributed by atoms with Gasteiger partial charge in [-0.2, -0.15) is 8.78 Å². The SMILES string of the molecule is CC(c1ccc(C2=CN(C(F)F)C(=O)CC2)cc1)N1CCC(CC(C)(C)O)(c2ccccc2)OC1=O. The highest BCUT2D eigenvalue weighted by Crippen LogP contribution is 2.42. The second-order valence-electron chi connectivity index (χ2n) is 10.2. The smallest absolute Gasteiger partial charge is 0.411 e. The summed E-state index contributed by atoms with van der Waals surface area (Å²) in [7, 11) is 0. The van der Waals surface area contributed by atoms with Crippen LogP contribution in [0, 0.1) is 0 Å². The highest BCUT2D eigenvalue weighted by Gasteiger charge is 2.46. The summed E-state index contributed by atoms with van der Waals surface area (Å²) in [6.45, 7) is 2.92. The van der Waals surface area contributed by atoms with Crippen molar-refractivity contribution in [3.8, 4) is 0 Å². The first-order valence-corrected chi connectivity index (χ1v) is 12.2. The summed E-state index contributed by atoms with van der Waals surface area (Å²) in [5, 5.41) is 10.6. The summed E-state index contributed by atoms with van der Waals surface area (Å²) in [6.07, 6.45) is 2.02. The van der Waals surface area contributed by atoms with Gasteiger partial charge in [-0.25, -0.2) is 4.79 Å². The van der Waals surface area contributed by atoms with Crippen LogP contribution in [0.15, 0.2) is 60.8 Å². The molecule has 0 spiro atoms. The van der Waals surface area contributed by atoms with Gasteiger partial charge < -0.3 is 14.7 Å². The number of hydrogen-bond acceptors (Lipinski definition) is 4. The molecule has 6 nitrogen and oxygen atoms in total. The molecule has 0 aliphatic carbocycles. The predicted octanol–water partition coefficient (Wildman–Crippen LogP) is 5.83. The van der Waals surface area contributed by atoms with Crippen molar-refractivity contribution in [3.05, 3.63) is 77.5 Å². The fraction of sp³-hybridized carbons (Fsp3) is 0.429. The Labute approximate surface area is 210 Å². The molecule has 2 amide bonds. The van der Waals surface area contributed by atoms with Crippen LogP contribution in [0.3, 0.4) is 0 Å². The van der Waals surface area contributed by atoms with Crippen molar-refractivity contribution in [3.63, 3.8) is 0 Å². The number of rotatable bonds is 7. The molecule has 1 saturated heterocycles. The molecule has 2 atom stereocenters. The summed E-state index contributed by atoms with van der Waals surface area (Å²) in [4.78, 5) is 27.1. The van der Waals surface area contributed by atoms with E-state index in [1.807, 2.05) is 61.5 Å². The van der Waals surface area contributed by atoms with Crippen molar-refractivity contribution in [1.29, 1.82) is 0 Å². The molecule has 2 aliphatic rings. The first-order valence-electron chi connectivity index (χ1n) is 12.2. The van der Waals surface area contributed by atoms with Crippen molar-refractivity contribution in [2.45, 2.75) is 70.2 Å². The standard InChI is InChI=1S/C28H32F2N2O4/c1-19(20-9-11-21(12-10-20)22-13-14-24(33)32(17-22)25(29)30)31-16-15-28(36-26(31)34,18-27(2,3)35)23-7-5-4-6-8-23/h4-12,17,19,25,35H,13-16,18H2,1-3H3. The first-order chi connectivity index (χ1) is 17.0. The predicted molar refractivity (Wildman–Crippen MR) is 132 cm³/mol. The van der Waals surface area contributed by atoms with Crippen molar-refractivity contribution in [2.24, 2.45) is 0 Å². The quantitative estimate of drug-likeness (QED) is 0.488. The van der Waals surface area contributed by atoms with Crippen molar-refractivity contribution in [2.75, 3.05) is 6.54 Å². The van der Waals surface area contributed by atoms with Gasteiger partial charge in [-0.05, 0) is 49.5 Å². The molecular formula is C28H32F2N2O4. The Morgan fingerprint density at radius 3 is 2.31 bits per heavy atom. The number of cyclic esters (lactones) is 1. The second kappa shape index (κ2) is 10.0. The molecule has 0 bridgehead atoms. The molecule has 8 heteroatoms. The maximum Gasteiger partial charge on any atom is 0.411 e. The molecule has 2 aromatic carbocycles. The van der Waals surface area contributed by atoms with E-state index in [1.165, 1.54) is 6.20 Å². The molecule has 2 heterocycles. The highest BCUT2D eigenvalue weighted by molar-refractivity contribution is 5.84. The Morgan fingerprint density at radius 2 is 1.72 bits per heavy atom. The molecular weight excluding hydrogens is 466 g/mol. The van der Waals surface area contributed by atoms with Crippen molar-refractivity contribution in [1.82, 2.24) is 9.80 Å². The number of nitrogens with zero attached hydrogens (tertiary/aromatic N) is 2. The van der Waals surface area contributed by atoms with E-state index >= 15 is 0 Å². The third-order valence-corrected chi connectivity index (χ3v) is 6.92. The number of halogens is 2. The zero-order valence-corrected chi connectivity index (χ0v) is 20.8. The van der Waals surface area contributed by atoms with Crippen LogP contribution in [0.4, 0.5) is 13.6 Å². The van der Waals surface area contributed by atoms with Crippen molar-refractivity contribution < 1.29 is 28.2 Å². The normalized spacial score (nSPS) is 21.9. The molecule has 0 aromatic heterocycles. The molecule has 0 saturated carbocycles. The number of carbonyl (C=O) groups excluding carboxylic acids is 2. The van der Waals surface area contributed by atoms with Crippen LogP contribution >= 0.6 is 0 Å². The highest BCUT2D eigenvalue weighted by atomic mass is 19.3. The van der Waals surface area contributed by atoms with Crippen LogP contribution in [-0.2, 0) is 15.1 Å². The molecule has 4 rings (SSSR count). The lowest BCUT2D eigenvalue weighted by Gasteiger charge is -2.45. The molecule has 0 radical (unpaired) electrons. The average Bonchev–Trinajstić information content (AvgIpc) is 2.83. The van der Waals surface area contributed by atoms with E-state index in [4.69, 9.17) is 4.74 Å². The molecule has 2 aromatic rings. The lowest BCUT2D eigenvalue weighted by molar-refractivity contribution is -0.139. The van der Waals surface area contributed by atoms with Crippen LogP contribution in [0.5, 0.6) is 0 Å². The van der Waals surface area contributed by atoms with E-state index in [2.05, 4.69) is 0 Å². The Hall–Kier alpha value is -3.26. The van der Waals surface area contributed by atoms with Gasteiger partial charge in [0.05, 0.1) is 11.6 Å². The van der Waals surface area contributed by atoms with Crippen LogP contribution < -0.4 is 0 Å². The number of benzene rings is 2. The van der Waals surface area contributed by atoms with E-state index in [0.717, 1.165) is 16.7 Å². The first kappa shape index (κ1) is 25.8. The maximum atomic E-state index is 13.2. The van der Waals surface area contributed by atoms with Crippen molar-refractivity contribution >= 4 is 17.6 Å². The van der Waals surface area contributed by atoms with E-state index < -0.39 is 29.8 Å². The number of hydrogen-bond donors (Lipinski definition) is 1. The van der Waals surface area contributed by atoms with E-state index in [0.29, 0.717) is 29.9 Å². The minimum Gasteiger partial charge on any atom is -0.438 e. The third kappa shape index (κ3) is 5.43. The van der Waals surface area contributed by atoms with Gasteiger partial charge in [-0.3, -0.25) is 9.69 Å². The Morgan fingerprint density at radius 1 is 1.06 bits per heavy atom. The number of ether oxygens (including phenoxy) is 1. The van der Waals surface area contributed by atoms with Crippen LogP contribution in [-0.4, -0.2) is 45.6 Å². The lowest BCUT2D eigenvalue weighted by atomic mass is 9.80. The fourth-order valence-corrected chi connectivity index (χ4v) is 5.11. The topological polar surface area (TPSA) is 70.1 Å². The molecule has 36 heavy (non-hydrogen) atoms. The third-order valence-electron chi connectivity index (χ3n) is 6.92.